The summed E-state index contributed by atoms with van der Waals surface area (Å²) in [5, 5.41) is 33.0. The molecule has 2 fully saturated rings. The zero-order chi connectivity index (χ0) is 18.4. The van der Waals surface area contributed by atoms with E-state index in [1.165, 1.54) is 10.9 Å². The van der Waals surface area contributed by atoms with E-state index in [-0.39, 0.29) is 5.28 Å². The first-order valence-electron chi connectivity index (χ1n) is 8.78. The van der Waals surface area contributed by atoms with E-state index in [1.54, 1.807) is 0 Å². The van der Waals surface area contributed by atoms with Crippen LogP contribution in [0.4, 0.5) is 5.82 Å². The lowest BCUT2D eigenvalue weighted by atomic mass is 10.1. The molecule has 0 amide bonds. The van der Waals surface area contributed by atoms with Crippen LogP contribution < -0.4 is 5.32 Å². The summed E-state index contributed by atoms with van der Waals surface area (Å²) >= 11 is 6.11. The number of imidazole rings is 1. The minimum Gasteiger partial charge on any atom is -0.394 e. The summed E-state index contributed by atoms with van der Waals surface area (Å²) in [5.74, 6) is 1.07. The van der Waals surface area contributed by atoms with Crippen molar-refractivity contribution in [1.29, 1.82) is 0 Å². The highest BCUT2D eigenvalue weighted by atomic mass is 35.5. The van der Waals surface area contributed by atoms with Gasteiger partial charge in [-0.1, -0.05) is 13.3 Å². The van der Waals surface area contributed by atoms with E-state index in [0.717, 1.165) is 19.3 Å². The van der Waals surface area contributed by atoms with Crippen LogP contribution in [-0.2, 0) is 4.74 Å². The number of fused-ring (bicyclic) bond motifs is 1. The van der Waals surface area contributed by atoms with Crippen LogP contribution in [0.5, 0.6) is 0 Å². The van der Waals surface area contributed by atoms with E-state index in [4.69, 9.17) is 16.3 Å². The van der Waals surface area contributed by atoms with Crippen molar-refractivity contribution >= 4 is 28.6 Å². The fourth-order valence-electron chi connectivity index (χ4n) is 3.82. The molecule has 10 heteroatoms. The van der Waals surface area contributed by atoms with Crippen LogP contribution in [0.2, 0.25) is 5.28 Å². The second-order valence-corrected chi connectivity index (χ2v) is 7.39. The quantitative estimate of drug-likeness (QED) is 0.568. The number of ether oxygens (including phenoxy) is 1. The molecule has 0 aromatic carbocycles. The first-order valence-corrected chi connectivity index (χ1v) is 9.16. The number of nitrogens with one attached hydrogen (secondary N) is 1. The largest absolute Gasteiger partial charge is 0.394 e. The Labute approximate surface area is 155 Å². The van der Waals surface area contributed by atoms with Crippen LogP contribution in [0.1, 0.15) is 32.4 Å². The van der Waals surface area contributed by atoms with E-state index < -0.39 is 31.1 Å². The lowest BCUT2D eigenvalue weighted by molar-refractivity contribution is -0.0511. The van der Waals surface area contributed by atoms with Gasteiger partial charge in [0.05, 0.1) is 12.9 Å². The van der Waals surface area contributed by atoms with E-state index in [2.05, 4.69) is 27.2 Å². The van der Waals surface area contributed by atoms with Gasteiger partial charge in [-0.15, -0.1) is 0 Å². The lowest BCUT2D eigenvalue weighted by Gasteiger charge is -2.19. The Morgan fingerprint density at radius 2 is 2.12 bits per heavy atom. The SMILES string of the molecule is CC1CCCC1Nc1nc(Cl)nc2c1ncn2[C@@H]1O[C@H](CO)[C@@H](O)[C@H]1O. The smallest absolute Gasteiger partial charge is 0.226 e. The maximum Gasteiger partial charge on any atom is 0.226 e. The van der Waals surface area contributed by atoms with Crippen molar-refractivity contribution in [3.63, 3.8) is 0 Å². The second-order valence-electron chi connectivity index (χ2n) is 7.05. The number of hydrogen-bond acceptors (Lipinski definition) is 8. The van der Waals surface area contributed by atoms with Gasteiger partial charge in [-0.3, -0.25) is 4.57 Å². The number of aliphatic hydroxyl groups excluding tert-OH is 3. The van der Waals surface area contributed by atoms with Crippen molar-refractivity contribution in [2.45, 2.75) is 56.8 Å². The van der Waals surface area contributed by atoms with Gasteiger partial charge in [0.25, 0.3) is 0 Å². The highest BCUT2D eigenvalue weighted by Crippen LogP contribution is 2.34. The van der Waals surface area contributed by atoms with E-state index in [1.807, 2.05) is 0 Å². The molecule has 1 saturated heterocycles. The summed E-state index contributed by atoms with van der Waals surface area (Å²) in [6, 6.07) is 0.295. The molecule has 3 heterocycles. The third-order valence-corrected chi connectivity index (χ3v) is 5.54. The highest BCUT2D eigenvalue weighted by Gasteiger charge is 2.44. The maximum atomic E-state index is 10.3. The van der Waals surface area contributed by atoms with Crippen LogP contribution >= 0.6 is 11.6 Å². The predicted octanol–water partition coefficient (Wildman–Crippen LogP) is 0.692. The van der Waals surface area contributed by atoms with E-state index in [9.17, 15) is 15.3 Å². The third kappa shape index (κ3) is 2.93. The van der Waals surface area contributed by atoms with Crippen LogP contribution in [-0.4, -0.2) is 65.8 Å². The third-order valence-electron chi connectivity index (χ3n) is 5.37. The molecule has 2 aromatic rings. The van der Waals surface area contributed by atoms with Crippen molar-refractivity contribution < 1.29 is 20.1 Å². The molecule has 2 unspecified atom stereocenters. The number of anilines is 1. The topological polar surface area (TPSA) is 126 Å². The second kappa shape index (κ2) is 6.90. The molecule has 6 atom stereocenters. The van der Waals surface area contributed by atoms with Crippen molar-refractivity contribution in [3.05, 3.63) is 11.6 Å². The molecule has 1 aliphatic heterocycles. The van der Waals surface area contributed by atoms with Gasteiger partial charge in [-0.05, 0) is 30.4 Å². The Hall–Kier alpha value is -1.52. The summed E-state index contributed by atoms with van der Waals surface area (Å²) in [6.45, 7) is 1.80. The number of hydrogen-bond donors (Lipinski definition) is 4. The minimum absolute atomic E-state index is 0.0548. The number of nitrogens with zero attached hydrogens (tertiary/aromatic N) is 4. The molecule has 0 spiro atoms. The van der Waals surface area contributed by atoms with Crippen LogP contribution in [0.3, 0.4) is 0 Å². The van der Waals surface area contributed by atoms with Gasteiger partial charge in [0.15, 0.2) is 23.2 Å². The number of aromatic nitrogens is 4. The summed E-state index contributed by atoms with van der Waals surface area (Å²) in [4.78, 5) is 12.9. The molecule has 1 saturated carbocycles. The van der Waals surface area contributed by atoms with E-state index >= 15 is 0 Å². The molecule has 4 N–H and O–H groups in total. The molecule has 9 nitrogen and oxygen atoms in total. The van der Waals surface area contributed by atoms with Crippen molar-refractivity contribution in [2.24, 2.45) is 5.92 Å². The van der Waals surface area contributed by atoms with Crippen LogP contribution in [0, 0.1) is 5.92 Å². The van der Waals surface area contributed by atoms with Crippen molar-refractivity contribution in [3.8, 4) is 0 Å². The van der Waals surface area contributed by atoms with Crippen LogP contribution in [0.15, 0.2) is 6.33 Å². The Bertz CT molecular complexity index is 802. The molecule has 1 aliphatic carbocycles. The lowest BCUT2D eigenvalue weighted by Crippen LogP contribution is -2.33. The van der Waals surface area contributed by atoms with E-state index in [0.29, 0.717) is 28.9 Å². The molecule has 0 bridgehead atoms. The first kappa shape index (κ1) is 17.9. The average Bonchev–Trinajstić information content (AvgIpc) is 3.28. The predicted molar refractivity (Wildman–Crippen MR) is 93.8 cm³/mol. The van der Waals surface area contributed by atoms with Crippen molar-refractivity contribution in [2.75, 3.05) is 11.9 Å². The zero-order valence-corrected chi connectivity index (χ0v) is 15.0. The Morgan fingerprint density at radius 3 is 2.77 bits per heavy atom. The number of aliphatic hydroxyl groups is 3. The molecular formula is C16H22ClN5O4. The van der Waals surface area contributed by atoms with Gasteiger partial charge >= 0.3 is 0 Å². The summed E-state index contributed by atoms with van der Waals surface area (Å²) in [5.41, 5.74) is 0.916. The molecule has 142 valence electrons. The Kier molecular flexibility index (Phi) is 4.74. The minimum atomic E-state index is -1.22. The Morgan fingerprint density at radius 1 is 1.31 bits per heavy atom. The van der Waals surface area contributed by atoms with Gasteiger partial charge in [-0.25, -0.2) is 4.98 Å². The fourth-order valence-corrected chi connectivity index (χ4v) is 3.99. The van der Waals surface area contributed by atoms with Crippen molar-refractivity contribution in [1.82, 2.24) is 19.5 Å². The molecular weight excluding hydrogens is 362 g/mol. The molecule has 2 aliphatic rings. The van der Waals surface area contributed by atoms with Gasteiger partial charge in [0.2, 0.25) is 5.28 Å². The average molecular weight is 384 g/mol. The standard InChI is InChI=1S/C16H22ClN5O4/c1-7-3-2-4-8(7)19-13-10-14(21-16(17)20-13)22(6-18-10)15-12(25)11(24)9(5-23)26-15/h6-9,11-12,15,23-25H,2-5H2,1H3,(H,19,20,21)/t7?,8?,9-,11-,12-,15-/m1/s1. The van der Waals surface area contributed by atoms with Gasteiger partial charge < -0.3 is 25.4 Å². The van der Waals surface area contributed by atoms with Crippen LogP contribution in [0.25, 0.3) is 11.2 Å². The number of halogens is 1. The van der Waals surface area contributed by atoms with Gasteiger partial charge in [-0.2, -0.15) is 9.97 Å². The first-order chi connectivity index (χ1) is 12.5. The summed E-state index contributed by atoms with van der Waals surface area (Å²) in [7, 11) is 0. The molecule has 2 aromatic heterocycles. The summed E-state index contributed by atoms with van der Waals surface area (Å²) < 4.78 is 7.08. The number of rotatable bonds is 4. The fraction of sp³-hybridized carbons (Fsp3) is 0.688. The van der Waals surface area contributed by atoms with Gasteiger partial charge in [0.1, 0.15) is 18.3 Å². The highest BCUT2D eigenvalue weighted by molar-refractivity contribution is 6.28. The zero-order valence-electron chi connectivity index (χ0n) is 14.3. The Balaban J connectivity index is 1.70. The van der Waals surface area contributed by atoms with Gasteiger partial charge in [0, 0.05) is 6.04 Å². The monoisotopic (exact) mass is 383 g/mol. The molecule has 26 heavy (non-hydrogen) atoms. The molecule has 0 radical (unpaired) electrons. The summed E-state index contributed by atoms with van der Waals surface area (Å²) in [6.07, 6.45) is 0.646. The normalized spacial score (nSPS) is 34.7. The molecule has 4 rings (SSSR count). The maximum absolute atomic E-state index is 10.3.